The number of methoxy groups -OCH3 is 1. The summed E-state index contributed by atoms with van der Waals surface area (Å²) in [7, 11) is 1.07. The third-order valence-electron chi connectivity index (χ3n) is 7.16. The molecule has 0 aliphatic carbocycles. The van der Waals surface area contributed by atoms with E-state index in [0.29, 0.717) is 36.9 Å². The molecular formula is C28H31N5O6. The summed E-state index contributed by atoms with van der Waals surface area (Å²) < 4.78 is 4.57. The Morgan fingerprint density at radius 1 is 1.08 bits per heavy atom. The summed E-state index contributed by atoms with van der Waals surface area (Å²) in [6, 6.07) is 13.1. The predicted molar refractivity (Wildman–Crippen MR) is 140 cm³/mol. The van der Waals surface area contributed by atoms with Crippen LogP contribution in [0.4, 0.5) is 0 Å². The first kappa shape index (κ1) is 27.5. The topological polar surface area (TPSA) is 163 Å². The molecule has 4 N–H and O–H groups in total. The highest BCUT2D eigenvalue weighted by molar-refractivity contribution is 6.36. The molecule has 2 aromatic rings. The summed E-state index contributed by atoms with van der Waals surface area (Å²) in [6.45, 7) is 0.213. The summed E-state index contributed by atoms with van der Waals surface area (Å²) in [5.74, 6) is -3.30. The summed E-state index contributed by atoms with van der Waals surface area (Å²) in [5.41, 5.74) is 7.25. The lowest BCUT2D eigenvalue weighted by molar-refractivity contribution is -0.154. The predicted octanol–water partition coefficient (Wildman–Crippen LogP) is 0.705. The smallest absolute Gasteiger partial charge is 0.376 e. The molecular weight excluding hydrogens is 502 g/mol. The van der Waals surface area contributed by atoms with Crippen LogP contribution in [0.15, 0.2) is 54.6 Å². The first-order chi connectivity index (χ1) is 18.7. The normalized spacial score (nSPS) is 19.2. The summed E-state index contributed by atoms with van der Waals surface area (Å²) in [4.78, 5) is 67.2. The maximum absolute atomic E-state index is 13.4. The zero-order valence-corrected chi connectivity index (χ0v) is 21.6. The van der Waals surface area contributed by atoms with Gasteiger partial charge in [0.05, 0.1) is 19.7 Å². The van der Waals surface area contributed by atoms with Crippen LogP contribution in [0, 0.1) is 5.41 Å². The van der Waals surface area contributed by atoms with Crippen LogP contribution in [0.1, 0.15) is 42.0 Å². The van der Waals surface area contributed by atoms with Gasteiger partial charge < -0.3 is 25.6 Å². The molecule has 2 fully saturated rings. The van der Waals surface area contributed by atoms with E-state index in [0.717, 1.165) is 12.7 Å². The number of amidine groups is 1. The van der Waals surface area contributed by atoms with Gasteiger partial charge in [0.15, 0.2) is 0 Å². The number of rotatable bonds is 9. The van der Waals surface area contributed by atoms with Crippen molar-refractivity contribution in [2.75, 3.05) is 20.2 Å². The van der Waals surface area contributed by atoms with Crippen molar-refractivity contribution < 1.29 is 28.7 Å². The van der Waals surface area contributed by atoms with Gasteiger partial charge in [-0.25, -0.2) is 4.79 Å². The van der Waals surface area contributed by atoms with Crippen molar-refractivity contribution in [2.24, 2.45) is 5.73 Å². The van der Waals surface area contributed by atoms with Gasteiger partial charge in [0.1, 0.15) is 17.9 Å². The van der Waals surface area contributed by atoms with Crippen LogP contribution in [-0.2, 0) is 35.1 Å². The number of nitrogens with zero attached hydrogens (tertiary/aromatic N) is 2. The molecule has 11 heteroatoms. The maximum atomic E-state index is 13.4. The molecule has 2 aromatic carbocycles. The molecule has 3 atom stereocenters. The fourth-order valence-electron chi connectivity index (χ4n) is 5.12. The van der Waals surface area contributed by atoms with Crippen molar-refractivity contribution >= 4 is 35.3 Å². The Morgan fingerprint density at radius 2 is 1.77 bits per heavy atom. The fourth-order valence-corrected chi connectivity index (χ4v) is 5.12. The van der Waals surface area contributed by atoms with E-state index in [4.69, 9.17) is 11.1 Å². The van der Waals surface area contributed by atoms with Gasteiger partial charge in [-0.15, -0.1) is 0 Å². The minimum absolute atomic E-state index is 0.113. The highest BCUT2D eigenvalue weighted by Crippen LogP contribution is 2.29. The summed E-state index contributed by atoms with van der Waals surface area (Å²) in [5, 5.41) is 10.2. The molecule has 3 unspecified atom stereocenters. The number of carbonyl (C=O) groups is 5. The van der Waals surface area contributed by atoms with E-state index in [9.17, 15) is 24.0 Å². The third kappa shape index (κ3) is 6.14. The van der Waals surface area contributed by atoms with Crippen LogP contribution < -0.4 is 11.1 Å². The molecule has 39 heavy (non-hydrogen) atoms. The number of ketones is 1. The molecule has 11 nitrogen and oxygen atoms in total. The van der Waals surface area contributed by atoms with Gasteiger partial charge in [-0.2, -0.15) is 0 Å². The molecule has 204 valence electrons. The Labute approximate surface area is 225 Å². The quantitative estimate of drug-likeness (QED) is 0.185. The van der Waals surface area contributed by atoms with Gasteiger partial charge in [-0.3, -0.25) is 24.6 Å². The van der Waals surface area contributed by atoms with E-state index in [1.807, 2.05) is 30.3 Å². The Morgan fingerprint density at radius 3 is 2.41 bits per heavy atom. The second-order valence-electron chi connectivity index (χ2n) is 9.64. The lowest BCUT2D eigenvalue weighted by Crippen LogP contribution is -2.60. The first-order valence-corrected chi connectivity index (χ1v) is 12.7. The van der Waals surface area contributed by atoms with Crippen molar-refractivity contribution in [2.45, 2.75) is 43.8 Å². The highest BCUT2D eigenvalue weighted by Gasteiger charge is 2.46. The van der Waals surface area contributed by atoms with Gasteiger partial charge in [-0.1, -0.05) is 54.6 Å². The second kappa shape index (κ2) is 11.9. The molecule has 4 rings (SSSR count). The van der Waals surface area contributed by atoms with Gasteiger partial charge in [0.25, 0.3) is 5.78 Å². The molecule has 2 saturated heterocycles. The standard InChI is InChI=1S/C28H31N5O6/c1-39-28(38)25(36)24(18-8-10-19(11-9-18)26(29)30)31-27(37)21-13-12-20-15-32(16-23(35)33(20)21)22(34)14-7-17-5-3-2-4-6-17/h2-6,8-11,20-21,24H,7,12-16H2,1H3,(H3,29,30)(H,31,37). The Bertz CT molecular complexity index is 1280. The number of aryl methyl sites for hydroxylation is 1. The van der Waals surface area contributed by atoms with Crippen LogP contribution in [0.2, 0.25) is 0 Å². The molecule has 0 radical (unpaired) electrons. The summed E-state index contributed by atoms with van der Waals surface area (Å²) >= 11 is 0. The highest BCUT2D eigenvalue weighted by atomic mass is 16.5. The third-order valence-corrected chi connectivity index (χ3v) is 7.16. The second-order valence-corrected chi connectivity index (χ2v) is 9.64. The number of ether oxygens (including phenoxy) is 1. The Kier molecular flexibility index (Phi) is 8.38. The van der Waals surface area contributed by atoms with Gasteiger partial charge >= 0.3 is 5.97 Å². The number of piperazine rings is 1. The SMILES string of the molecule is COC(=O)C(=O)C(NC(=O)C1CCC2CN(C(=O)CCc3ccccc3)CC(=O)N21)c1ccc(C(=N)N)cc1. The Balaban J connectivity index is 1.43. The number of nitrogen functional groups attached to an aromatic ring is 1. The van der Waals surface area contributed by atoms with E-state index >= 15 is 0 Å². The van der Waals surface area contributed by atoms with E-state index in [1.165, 1.54) is 29.2 Å². The number of hydrogen-bond acceptors (Lipinski definition) is 7. The zero-order chi connectivity index (χ0) is 28.1. The van der Waals surface area contributed by atoms with Crippen LogP contribution in [0.3, 0.4) is 0 Å². The number of carbonyl (C=O) groups excluding carboxylic acids is 5. The van der Waals surface area contributed by atoms with E-state index in [1.54, 1.807) is 4.90 Å². The number of fused-ring (bicyclic) bond motifs is 1. The molecule has 2 heterocycles. The number of esters is 1. The van der Waals surface area contributed by atoms with Crippen LogP contribution in [-0.4, -0.2) is 77.4 Å². The van der Waals surface area contributed by atoms with Crippen molar-refractivity contribution in [3.05, 3.63) is 71.3 Å². The average Bonchev–Trinajstić information content (AvgIpc) is 3.39. The summed E-state index contributed by atoms with van der Waals surface area (Å²) in [6.07, 6.45) is 1.74. The van der Waals surface area contributed by atoms with Gasteiger partial charge in [0, 0.05) is 18.5 Å². The van der Waals surface area contributed by atoms with Crippen molar-refractivity contribution in [1.29, 1.82) is 5.41 Å². The number of Topliss-reactive ketones (excluding diaryl/α,β-unsaturated/α-hetero) is 1. The monoisotopic (exact) mass is 533 g/mol. The number of nitrogens with two attached hydrogens (primary N) is 1. The largest absolute Gasteiger partial charge is 0.463 e. The van der Waals surface area contributed by atoms with Gasteiger partial charge in [0.2, 0.25) is 17.7 Å². The number of amides is 3. The molecule has 0 spiro atoms. The van der Waals surface area contributed by atoms with Crippen LogP contribution >= 0.6 is 0 Å². The minimum atomic E-state index is -1.35. The molecule has 3 amide bonds. The fraction of sp³-hybridized carbons (Fsp3) is 0.357. The van der Waals surface area contributed by atoms with E-state index < -0.39 is 29.7 Å². The zero-order valence-electron chi connectivity index (χ0n) is 21.6. The van der Waals surface area contributed by atoms with Crippen LogP contribution in [0.5, 0.6) is 0 Å². The maximum Gasteiger partial charge on any atom is 0.376 e. The number of benzene rings is 2. The number of nitrogens with one attached hydrogen (secondary N) is 2. The average molecular weight is 534 g/mol. The first-order valence-electron chi connectivity index (χ1n) is 12.7. The lowest BCUT2D eigenvalue weighted by atomic mass is 10.00. The van der Waals surface area contributed by atoms with Gasteiger partial charge in [-0.05, 0) is 30.4 Å². The van der Waals surface area contributed by atoms with E-state index in [-0.39, 0.29) is 36.7 Å². The van der Waals surface area contributed by atoms with E-state index in [2.05, 4.69) is 10.1 Å². The molecule has 0 bridgehead atoms. The number of hydrogen-bond donors (Lipinski definition) is 3. The molecule has 0 aromatic heterocycles. The molecule has 0 saturated carbocycles. The van der Waals surface area contributed by atoms with Crippen molar-refractivity contribution in [3.63, 3.8) is 0 Å². The molecule has 2 aliphatic rings. The van der Waals surface area contributed by atoms with Crippen molar-refractivity contribution in [3.8, 4) is 0 Å². The van der Waals surface area contributed by atoms with Crippen molar-refractivity contribution in [1.82, 2.24) is 15.1 Å². The van der Waals surface area contributed by atoms with Crippen LogP contribution in [0.25, 0.3) is 0 Å². The Hall–Kier alpha value is -4.54. The minimum Gasteiger partial charge on any atom is -0.463 e. The molecule has 2 aliphatic heterocycles. The lowest BCUT2D eigenvalue weighted by Gasteiger charge is -2.39.